The van der Waals surface area contributed by atoms with Crippen LogP contribution in [0.1, 0.15) is 46.5 Å². The maximum atomic E-state index is 11.7. The van der Waals surface area contributed by atoms with Gasteiger partial charge in [-0.15, -0.1) is 0 Å². The summed E-state index contributed by atoms with van der Waals surface area (Å²) in [7, 11) is -4.10. The number of nitrogens with one attached hydrogen (secondary N) is 2. The number of hydrogen-bond donors (Lipinski definition) is 3. The average Bonchev–Trinajstić information content (AvgIpc) is 2.33. The number of rotatable bonds is 4. The van der Waals surface area contributed by atoms with Gasteiger partial charge in [0.1, 0.15) is 5.60 Å². The maximum absolute atomic E-state index is 11.7. The first-order valence-corrected chi connectivity index (χ1v) is 8.96. The van der Waals surface area contributed by atoms with Gasteiger partial charge in [-0.05, 0) is 52.4 Å². The lowest BCUT2D eigenvalue weighted by Gasteiger charge is -2.29. The molecule has 1 aliphatic rings. The molecule has 0 aromatic rings. The van der Waals surface area contributed by atoms with Crippen LogP contribution in [0, 0.1) is 5.92 Å². The van der Waals surface area contributed by atoms with E-state index in [0.717, 1.165) is 25.7 Å². The van der Waals surface area contributed by atoms with Gasteiger partial charge in [0.15, 0.2) is 0 Å². The fourth-order valence-electron chi connectivity index (χ4n) is 2.29. The Morgan fingerprint density at radius 3 is 2.17 bits per heavy atom. The molecule has 4 N–H and O–H groups in total. The SMILES string of the molecule is CC(C)(C)OC(=O)NC1CCC(COC(=O)NS(N)(=O)=O)CC1. The molecule has 10 heteroatoms. The molecular weight excluding hydrogens is 326 g/mol. The second kappa shape index (κ2) is 7.82. The van der Waals surface area contributed by atoms with E-state index >= 15 is 0 Å². The molecular formula is C13H25N3O6S. The molecule has 0 heterocycles. The van der Waals surface area contributed by atoms with E-state index < -0.39 is 28.0 Å². The van der Waals surface area contributed by atoms with Gasteiger partial charge in [0, 0.05) is 6.04 Å². The number of amides is 2. The Bertz CT molecular complexity index is 520. The van der Waals surface area contributed by atoms with E-state index in [1.807, 2.05) is 0 Å². The lowest BCUT2D eigenvalue weighted by molar-refractivity contribution is 0.0480. The van der Waals surface area contributed by atoms with E-state index in [1.165, 1.54) is 4.72 Å². The monoisotopic (exact) mass is 351 g/mol. The predicted molar refractivity (Wildman–Crippen MR) is 82.7 cm³/mol. The zero-order valence-electron chi connectivity index (χ0n) is 13.6. The van der Waals surface area contributed by atoms with Crippen molar-refractivity contribution in [3.63, 3.8) is 0 Å². The molecule has 1 saturated carbocycles. The second-order valence-electron chi connectivity index (χ2n) is 6.61. The fraction of sp³-hybridized carbons (Fsp3) is 0.846. The number of ether oxygens (including phenoxy) is 2. The third kappa shape index (κ3) is 9.24. The van der Waals surface area contributed by atoms with E-state index in [9.17, 15) is 18.0 Å². The van der Waals surface area contributed by atoms with Gasteiger partial charge in [-0.3, -0.25) is 0 Å². The fourth-order valence-corrected chi connectivity index (χ4v) is 2.58. The third-order valence-corrected chi connectivity index (χ3v) is 3.69. The zero-order valence-corrected chi connectivity index (χ0v) is 14.4. The van der Waals surface area contributed by atoms with Crippen molar-refractivity contribution >= 4 is 22.4 Å². The molecule has 0 aromatic carbocycles. The molecule has 1 fully saturated rings. The van der Waals surface area contributed by atoms with Crippen LogP contribution in [0.3, 0.4) is 0 Å². The number of carbonyl (C=O) groups is 2. The van der Waals surface area contributed by atoms with Gasteiger partial charge in [0.05, 0.1) is 6.61 Å². The van der Waals surface area contributed by atoms with Gasteiger partial charge in [0.25, 0.3) is 0 Å². The molecule has 0 saturated heterocycles. The summed E-state index contributed by atoms with van der Waals surface area (Å²) in [4.78, 5) is 22.9. The number of hydrogen-bond acceptors (Lipinski definition) is 6. The Balaban J connectivity index is 2.25. The molecule has 1 aliphatic carbocycles. The average molecular weight is 351 g/mol. The molecule has 9 nitrogen and oxygen atoms in total. The molecule has 2 amide bonds. The summed E-state index contributed by atoms with van der Waals surface area (Å²) in [5.74, 6) is 0.123. The first-order chi connectivity index (χ1) is 10.4. The smallest absolute Gasteiger partial charge is 0.421 e. The van der Waals surface area contributed by atoms with Crippen molar-refractivity contribution in [2.75, 3.05) is 6.61 Å². The summed E-state index contributed by atoms with van der Waals surface area (Å²) in [6, 6.07) is 0.0272. The van der Waals surface area contributed by atoms with E-state index in [4.69, 9.17) is 9.47 Å². The van der Waals surface area contributed by atoms with Gasteiger partial charge in [-0.25, -0.2) is 19.5 Å². The minimum atomic E-state index is -4.10. The third-order valence-electron chi connectivity index (χ3n) is 3.24. The molecule has 0 aromatic heterocycles. The first kappa shape index (κ1) is 19.5. The van der Waals surface area contributed by atoms with Crippen LogP contribution in [0.5, 0.6) is 0 Å². The van der Waals surface area contributed by atoms with Crippen LogP contribution < -0.4 is 15.2 Å². The van der Waals surface area contributed by atoms with Crippen LogP contribution in [0.25, 0.3) is 0 Å². The Morgan fingerprint density at radius 2 is 1.70 bits per heavy atom. The number of carbonyl (C=O) groups excluding carboxylic acids is 2. The van der Waals surface area contributed by atoms with Crippen LogP contribution in [0.15, 0.2) is 0 Å². The maximum Gasteiger partial charge on any atom is 0.421 e. The molecule has 134 valence electrons. The molecule has 0 unspecified atom stereocenters. The summed E-state index contributed by atoms with van der Waals surface area (Å²) in [6.45, 7) is 5.51. The van der Waals surface area contributed by atoms with E-state index in [1.54, 1.807) is 20.8 Å². The Morgan fingerprint density at radius 1 is 1.13 bits per heavy atom. The van der Waals surface area contributed by atoms with E-state index in [-0.39, 0.29) is 18.6 Å². The summed E-state index contributed by atoms with van der Waals surface area (Å²) < 4.78 is 32.8. The molecule has 0 bridgehead atoms. The predicted octanol–water partition coefficient (Wildman–Crippen LogP) is 1.000. The zero-order chi connectivity index (χ0) is 17.7. The van der Waals surface area contributed by atoms with Crippen molar-refractivity contribution in [3.05, 3.63) is 0 Å². The van der Waals surface area contributed by atoms with Crippen molar-refractivity contribution in [1.29, 1.82) is 0 Å². The van der Waals surface area contributed by atoms with Gasteiger partial charge in [0.2, 0.25) is 0 Å². The summed E-state index contributed by atoms with van der Waals surface area (Å²) in [6.07, 6.45) is 1.46. The van der Waals surface area contributed by atoms with Crippen LogP contribution in [0.4, 0.5) is 9.59 Å². The molecule has 0 radical (unpaired) electrons. The van der Waals surface area contributed by atoms with Crippen molar-refractivity contribution in [3.8, 4) is 0 Å². The van der Waals surface area contributed by atoms with Crippen molar-refractivity contribution in [2.24, 2.45) is 11.1 Å². The van der Waals surface area contributed by atoms with Crippen LogP contribution in [0.2, 0.25) is 0 Å². The lowest BCUT2D eigenvalue weighted by atomic mass is 9.86. The van der Waals surface area contributed by atoms with E-state index in [0.29, 0.717) is 0 Å². The van der Waals surface area contributed by atoms with Gasteiger partial charge >= 0.3 is 22.4 Å². The quantitative estimate of drug-likeness (QED) is 0.691. The molecule has 1 rings (SSSR count). The van der Waals surface area contributed by atoms with Crippen molar-refractivity contribution in [2.45, 2.75) is 58.1 Å². The Hall–Kier alpha value is -1.55. The molecule has 0 aliphatic heterocycles. The highest BCUT2D eigenvalue weighted by Crippen LogP contribution is 2.24. The summed E-state index contributed by atoms with van der Waals surface area (Å²) in [5, 5.41) is 7.48. The summed E-state index contributed by atoms with van der Waals surface area (Å²) >= 11 is 0. The highest BCUT2D eigenvalue weighted by molar-refractivity contribution is 7.87. The minimum absolute atomic E-state index is 0.0272. The minimum Gasteiger partial charge on any atom is -0.449 e. The summed E-state index contributed by atoms with van der Waals surface area (Å²) in [5.41, 5.74) is -0.536. The molecule has 0 atom stereocenters. The van der Waals surface area contributed by atoms with Crippen molar-refractivity contribution < 1.29 is 27.5 Å². The normalized spacial score (nSPS) is 22.1. The highest BCUT2D eigenvalue weighted by atomic mass is 32.2. The topological polar surface area (TPSA) is 137 Å². The van der Waals surface area contributed by atoms with Gasteiger partial charge in [-0.1, -0.05) is 0 Å². The Kier molecular flexibility index (Phi) is 6.63. The standard InChI is InChI=1S/C13H25N3O6S/c1-13(2,3)22-11(17)15-10-6-4-9(5-7-10)8-21-12(18)16-23(14,19)20/h9-10H,4-8H2,1-3H3,(H,15,17)(H,16,18)(H2,14,19,20). The van der Waals surface area contributed by atoms with Crippen LogP contribution >= 0.6 is 0 Å². The van der Waals surface area contributed by atoms with Gasteiger partial charge in [-0.2, -0.15) is 8.42 Å². The van der Waals surface area contributed by atoms with E-state index in [2.05, 4.69) is 10.5 Å². The van der Waals surface area contributed by atoms with Crippen LogP contribution in [-0.2, 0) is 19.7 Å². The molecule has 0 spiro atoms. The van der Waals surface area contributed by atoms with Crippen LogP contribution in [-0.4, -0.2) is 38.9 Å². The Labute approximate surface area is 136 Å². The lowest BCUT2D eigenvalue weighted by Crippen LogP contribution is -2.41. The molecule has 23 heavy (non-hydrogen) atoms. The number of alkyl carbamates (subject to hydrolysis) is 1. The second-order valence-corrected chi connectivity index (χ2v) is 7.90. The largest absolute Gasteiger partial charge is 0.449 e. The highest BCUT2D eigenvalue weighted by Gasteiger charge is 2.25. The van der Waals surface area contributed by atoms with Crippen molar-refractivity contribution in [1.82, 2.24) is 10.0 Å². The first-order valence-electron chi connectivity index (χ1n) is 7.41. The number of nitrogens with two attached hydrogens (primary N) is 1. The van der Waals surface area contributed by atoms with Gasteiger partial charge < -0.3 is 14.8 Å².